The molecule has 0 aliphatic heterocycles. The maximum Gasteiger partial charge on any atom is 0.316 e. The first-order valence-corrected chi connectivity index (χ1v) is 6.27. The van der Waals surface area contributed by atoms with Gasteiger partial charge in [0.1, 0.15) is 0 Å². The Bertz CT molecular complexity index is 814. The van der Waals surface area contributed by atoms with Gasteiger partial charge in [0.2, 0.25) is 0 Å². The van der Waals surface area contributed by atoms with Gasteiger partial charge in [-0.3, -0.25) is 9.59 Å². The van der Waals surface area contributed by atoms with Crippen LogP contribution >= 0.6 is 0 Å². The summed E-state index contributed by atoms with van der Waals surface area (Å²) in [5, 5.41) is 0. The van der Waals surface area contributed by atoms with Gasteiger partial charge in [0, 0.05) is 13.1 Å². The average Bonchev–Trinajstić information content (AvgIpc) is 2.86. The number of hydrogen-bond donors (Lipinski definition) is 1. The number of hydrogen-bond acceptors (Lipinski definition) is 3. The molecule has 0 atom stereocenters. The second-order valence-corrected chi connectivity index (χ2v) is 4.36. The summed E-state index contributed by atoms with van der Waals surface area (Å²) >= 11 is 0. The number of nitrogens with one attached hydrogen (secondary N) is 1. The minimum Gasteiger partial charge on any atom is -0.345 e. The highest BCUT2D eigenvalue weighted by Gasteiger charge is 2.12. The summed E-state index contributed by atoms with van der Waals surface area (Å²) < 4.78 is 3.00. The van der Waals surface area contributed by atoms with E-state index in [9.17, 15) is 9.59 Å². The topological polar surface area (TPSA) is 72.7 Å². The summed E-state index contributed by atoms with van der Waals surface area (Å²) in [6, 6.07) is 3.71. The molecule has 1 aromatic carbocycles. The van der Waals surface area contributed by atoms with E-state index in [1.807, 2.05) is 26.0 Å². The number of aromatic nitrogens is 4. The molecule has 3 aromatic rings. The Balaban J connectivity index is 2.64. The van der Waals surface area contributed by atoms with Gasteiger partial charge in [0.05, 0.1) is 28.4 Å². The van der Waals surface area contributed by atoms with Crippen LogP contribution in [0.15, 0.2) is 28.0 Å². The molecule has 0 fully saturated rings. The van der Waals surface area contributed by atoms with Crippen LogP contribution in [0, 0.1) is 0 Å². The molecule has 0 bridgehead atoms. The molecule has 0 aliphatic carbocycles. The van der Waals surface area contributed by atoms with Crippen LogP contribution < -0.4 is 11.1 Å². The summed E-state index contributed by atoms with van der Waals surface area (Å²) in [6.07, 6.45) is 1.60. The molecule has 3 rings (SSSR count). The van der Waals surface area contributed by atoms with Gasteiger partial charge in [0.15, 0.2) is 0 Å². The third-order valence-electron chi connectivity index (χ3n) is 3.40. The quantitative estimate of drug-likeness (QED) is 0.699. The van der Waals surface area contributed by atoms with Gasteiger partial charge in [0.25, 0.3) is 0 Å². The van der Waals surface area contributed by atoms with Crippen molar-refractivity contribution in [3.8, 4) is 0 Å². The Labute approximate surface area is 108 Å². The molecule has 1 N–H and O–H groups in total. The van der Waals surface area contributed by atoms with E-state index in [-0.39, 0.29) is 0 Å². The molecule has 0 amide bonds. The number of H-pyrrole nitrogens is 1. The first-order valence-electron chi connectivity index (χ1n) is 6.27. The molecule has 2 aromatic heterocycles. The summed E-state index contributed by atoms with van der Waals surface area (Å²) in [7, 11) is 0. The minimum atomic E-state index is -0.480. The van der Waals surface area contributed by atoms with Gasteiger partial charge in [-0.2, -0.15) is 0 Å². The van der Waals surface area contributed by atoms with Crippen LogP contribution in [0.2, 0.25) is 0 Å². The summed E-state index contributed by atoms with van der Waals surface area (Å²) in [5.41, 5.74) is 2.19. The van der Waals surface area contributed by atoms with Crippen molar-refractivity contribution in [3.05, 3.63) is 39.2 Å². The van der Waals surface area contributed by atoms with Gasteiger partial charge in [-0.25, -0.2) is 4.98 Å². The monoisotopic (exact) mass is 258 g/mol. The molecule has 2 heterocycles. The van der Waals surface area contributed by atoms with Gasteiger partial charge in [-0.15, -0.1) is 0 Å². The van der Waals surface area contributed by atoms with E-state index in [2.05, 4.69) is 9.97 Å². The number of imidazole rings is 1. The van der Waals surface area contributed by atoms with E-state index >= 15 is 0 Å². The van der Waals surface area contributed by atoms with E-state index in [1.54, 1.807) is 6.33 Å². The second kappa shape index (κ2) is 4.08. The fourth-order valence-corrected chi connectivity index (χ4v) is 2.47. The number of rotatable bonds is 2. The third kappa shape index (κ3) is 1.53. The summed E-state index contributed by atoms with van der Waals surface area (Å²) in [5.74, 6) is 0. The zero-order valence-corrected chi connectivity index (χ0v) is 10.8. The summed E-state index contributed by atoms with van der Waals surface area (Å²) in [4.78, 5) is 31.4. The number of fused-ring (bicyclic) bond motifs is 2. The number of benzene rings is 1. The van der Waals surface area contributed by atoms with Crippen LogP contribution in [0.4, 0.5) is 0 Å². The molecule has 0 spiro atoms. The fourth-order valence-electron chi connectivity index (χ4n) is 2.47. The Kier molecular flexibility index (Phi) is 2.51. The Hall–Kier alpha value is -2.37. The summed E-state index contributed by atoms with van der Waals surface area (Å²) in [6.45, 7) is 4.64. The zero-order valence-electron chi connectivity index (χ0n) is 10.8. The van der Waals surface area contributed by atoms with Crippen LogP contribution in [0.25, 0.3) is 22.1 Å². The lowest BCUT2D eigenvalue weighted by Gasteiger charge is -2.12. The number of aromatic amines is 1. The van der Waals surface area contributed by atoms with E-state index < -0.39 is 11.1 Å². The third-order valence-corrected chi connectivity index (χ3v) is 3.40. The molecular formula is C13H14N4O2. The lowest BCUT2D eigenvalue weighted by Crippen LogP contribution is -2.41. The minimum absolute atomic E-state index is 0.463. The maximum atomic E-state index is 12.1. The first-order chi connectivity index (χ1) is 9.17. The van der Waals surface area contributed by atoms with Gasteiger partial charge in [-0.1, -0.05) is 0 Å². The van der Waals surface area contributed by atoms with E-state index in [0.29, 0.717) is 13.1 Å². The van der Waals surface area contributed by atoms with Crippen molar-refractivity contribution in [1.29, 1.82) is 0 Å². The molecule has 0 aliphatic rings. The predicted molar refractivity (Wildman–Crippen MR) is 73.5 cm³/mol. The Morgan fingerprint density at radius 2 is 1.63 bits per heavy atom. The Morgan fingerprint density at radius 3 is 2.21 bits per heavy atom. The highest BCUT2D eigenvalue weighted by molar-refractivity contribution is 5.91. The van der Waals surface area contributed by atoms with Crippen molar-refractivity contribution >= 4 is 22.1 Å². The van der Waals surface area contributed by atoms with Crippen molar-refractivity contribution in [2.45, 2.75) is 26.9 Å². The highest BCUT2D eigenvalue weighted by atomic mass is 16.2. The molecule has 0 radical (unpaired) electrons. The van der Waals surface area contributed by atoms with Crippen LogP contribution in [0.1, 0.15) is 13.8 Å². The molecule has 0 saturated heterocycles. The molecular weight excluding hydrogens is 244 g/mol. The first kappa shape index (κ1) is 11.7. The van der Waals surface area contributed by atoms with Gasteiger partial charge >= 0.3 is 11.1 Å². The molecule has 0 saturated carbocycles. The smallest absolute Gasteiger partial charge is 0.316 e. The molecule has 6 heteroatoms. The predicted octanol–water partition coefficient (Wildman–Crippen LogP) is 1.08. The Morgan fingerprint density at radius 1 is 1.05 bits per heavy atom. The zero-order chi connectivity index (χ0) is 13.6. The molecule has 19 heavy (non-hydrogen) atoms. The van der Waals surface area contributed by atoms with Crippen molar-refractivity contribution < 1.29 is 0 Å². The fraction of sp³-hybridized carbons (Fsp3) is 0.308. The standard InChI is InChI=1S/C13H14N4O2/c1-3-16-10-5-8-9(15-7-14-8)6-11(10)17(4-2)13(19)12(16)18/h5-7H,3-4H2,1-2H3,(H,14,15). The van der Waals surface area contributed by atoms with Crippen LogP contribution in [-0.4, -0.2) is 19.1 Å². The lowest BCUT2D eigenvalue weighted by molar-refractivity contribution is 0.683. The molecule has 98 valence electrons. The van der Waals surface area contributed by atoms with E-state index in [0.717, 1.165) is 22.1 Å². The van der Waals surface area contributed by atoms with Crippen LogP contribution in [0.5, 0.6) is 0 Å². The van der Waals surface area contributed by atoms with Crippen molar-refractivity contribution in [3.63, 3.8) is 0 Å². The second-order valence-electron chi connectivity index (χ2n) is 4.36. The van der Waals surface area contributed by atoms with Gasteiger partial charge < -0.3 is 14.1 Å². The van der Waals surface area contributed by atoms with Crippen molar-refractivity contribution in [1.82, 2.24) is 19.1 Å². The maximum absolute atomic E-state index is 12.1. The van der Waals surface area contributed by atoms with Crippen molar-refractivity contribution in [2.24, 2.45) is 0 Å². The highest BCUT2D eigenvalue weighted by Crippen LogP contribution is 2.18. The van der Waals surface area contributed by atoms with Crippen molar-refractivity contribution in [2.75, 3.05) is 0 Å². The lowest BCUT2D eigenvalue weighted by atomic mass is 10.2. The SMILES string of the molecule is CCn1c(=O)c(=O)n(CC)c2cc3[nH]cnc3cc21. The number of nitrogens with zero attached hydrogens (tertiary/aromatic N) is 3. The van der Waals surface area contributed by atoms with E-state index in [4.69, 9.17) is 0 Å². The molecule has 6 nitrogen and oxygen atoms in total. The van der Waals surface area contributed by atoms with Crippen LogP contribution in [-0.2, 0) is 13.1 Å². The van der Waals surface area contributed by atoms with Gasteiger partial charge in [-0.05, 0) is 26.0 Å². The molecule has 0 unspecified atom stereocenters. The average molecular weight is 258 g/mol. The van der Waals surface area contributed by atoms with Crippen LogP contribution in [0.3, 0.4) is 0 Å². The largest absolute Gasteiger partial charge is 0.345 e. The normalized spacial score (nSPS) is 11.5. The van der Waals surface area contributed by atoms with E-state index in [1.165, 1.54) is 9.13 Å². The number of aryl methyl sites for hydroxylation is 2.